The minimum absolute atomic E-state index is 0.0701. The molecule has 240 valence electrons. The standard InChI is InChI=1S/C36H52N4O4/c1-6-27-11-7-8-19-39(27)20-21-40-32(34(42)38-28-12-9-10-23(4)24(28)5)36-18-17-29(44-36)30(31(36)35(40)43)33(41)37-26-15-13-25(14-16-26)22(2)3/h13-18,22-24,27-32H,6-12,19-21H2,1-5H3,(H,37,41)(H,38,42)/t23-,24-,27-,28-,29-,30-,31-,32+,36+/m1/s1. The first-order valence-corrected chi connectivity index (χ1v) is 17.3. The topological polar surface area (TPSA) is 91.0 Å². The highest BCUT2D eigenvalue weighted by atomic mass is 16.5. The Morgan fingerprint density at radius 1 is 1.02 bits per heavy atom. The molecular weight excluding hydrogens is 552 g/mol. The number of hydrogen-bond donors (Lipinski definition) is 2. The maximum absolute atomic E-state index is 14.4. The molecule has 1 spiro atoms. The summed E-state index contributed by atoms with van der Waals surface area (Å²) in [6.45, 7) is 13.2. The lowest BCUT2D eigenvalue weighted by Crippen LogP contribution is -2.58. The molecule has 1 aromatic carbocycles. The summed E-state index contributed by atoms with van der Waals surface area (Å²) in [5, 5.41) is 6.44. The van der Waals surface area contributed by atoms with E-state index in [-0.39, 0.29) is 23.8 Å². The molecular formula is C36H52N4O4. The van der Waals surface area contributed by atoms with Gasteiger partial charge in [-0.25, -0.2) is 0 Å². The predicted octanol–water partition coefficient (Wildman–Crippen LogP) is 5.10. The fourth-order valence-corrected chi connectivity index (χ4v) is 8.79. The zero-order valence-electron chi connectivity index (χ0n) is 27.3. The number of carbonyl (C=O) groups is 3. The maximum Gasteiger partial charge on any atom is 0.246 e. The zero-order valence-corrected chi connectivity index (χ0v) is 27.3. The van der Waals surface area contributed by atoms with Gasteiger partial charge >= 0.3 is 0 Å². The SMILES string of the molecule is CC[C@@H]1CCCCN1CCN1C(=O)[C@H]2[C@H](C(=O)Nc3ccc(C(C)C)cc3)[C@H]3C=C[C@@]2(O3)[C@@H]1C(=O)N[C@@H]1CCC[C@@H](C)[C@H]1C. The van der Waals surface area contributed by atoms with E-state index in [1.807, 2.05) is 36.4 Å². The zero-order chi connectivity index (χ0) is 31.2. The maximum atomic E-state index is 14.4. The number of rotatable bonds is 9. The number of hydrogen-bond acceptors (Lipinski definition) is 5. The third-order valence-electron chi connectivity index (χ3n) is 11.7. The van der Waals surface area contributed by atoms with E-state index in [0.29, 0.717) is 36.0 Å². The van der Waals surface area contributed by atoms with Gasteiger partial charge in [-0.05, 0) is 67.7 Å². The summed E-state index contributed by atoms with van der Waals surface area (Å²) in [5.74, 6) is -0.634. The van der Waals surface area contributed by atoms with Crippen LogP contribution in [-0.2, 0) is 19.1 Å². The monoisotopic (exact) mass is 604 g/mol. The second-order valence-corrected chi connectivity index (χ2v) is 14.5. The summed E-state index contributed by atoms with van der Waals surface area (Å²) >= 11 is 0. The molecule has 0 aromatic heterocycles. The van der Waals surface area contributed by atoms with E-state index >= 15 is 0 Å². The van der Waals surface area contributed by atoms with Crippen LogP contribution >= 0.6 is 0 Å². The Hall–Kier alpha value is -2.71. The van der Waals surface area contributed by atoms with E-state index in [1.165, 1.54) is 24.8 Å². The van der Waals surface area contributed by atoms with Crippen molar-refractivity contribution in [2.75, 3.05) is 25.0 Å². The van der Waals surface area contributed by atoms with Gasteiger partial charge in [-0.1, -0.05) is 78.2 Å². The van der Waals surface area contributed by atoms with Crippen LogP contribution < -0.4 is 10.6 Å². The first-order valence-electron chi connectivity index (χ1n) is 17.3. The van der Waals surface area contributed by atoms with Crippen LogP contribution in [0.3, 0.4) is 0 Å². The average molecular weight is 605 g/mol. The molecule has 4 aliphatic heterocycles. The molecule has 44 heavy (non-hydrogen) atoms. The largest absolute Gasteiger partial charge is 0.359 e. The van der Waals surface area contributed by atoms with Crippen LogP contribution in [0.1, 0.15) is 91.0 Å². The third-order valence-corrected chi connectivity index (χ3v) is 11.7. The van der Waals surface area contributed by atoms with Crippen molar-refractivity contribution in [2.45, 2.75) is 115 Å². The lowest BCUT2D eigenvalue weighted by Gasteiger charge is -2.39. The van der Waals surface area contributed by atoms with Crippen molar-refractivity contribution in [3.63, 3.8) is 0 Å². The number of ether oxygens (including phenoxy) is 1. The molecule has 4 heterocycles. The molecule has 2 bridgehead atoms. The molecule has 5 aliphatic rings. The molecule has 6 rings (SSSR count). The van der Waals surface area contributed by atoms with Crippen molar-refractivity contribution >= 4 is 23.4 Å². The molecule has 0 unspecified atom stereocenters. The van der Waals surface area contributed by atoms with Gasteiger partial charge in [-0.3, -0.25) is 19.3 Å². The van der Waals surface area contributed by atoms with Crippen LogP contribution in [0.2, 0.25) is 0 Å². The highest BCUT2D eigenvalue weighted by Gasteiger charge is 2.72. The van der Waals surface area contributed by atoms with Crippen molar-refractivity contribution in [3.05, 3.63) is 42.0 Å². The summed E-state index contributed by atoms with van der Waals surface area (Å²) in [6, 6.07) is 7.67. The molecule has 2 N–H and O–H groups in total. The van der Waals surface area contributed by atoms with E-state index in [1.54, 1.807) is 4.90 Å². The van der Waals surface area contributed by atoms with Gasteiger partial charge in [0, 0.05) is 30.9 Å². The first-order chi connectivity index (χ1) is 21.1. The fraction of sp³-hybridized carbons (Fsp3) is 0.694. The van der Waals surface area contributed by atoms with E-state index in [0.717, 1.165) is 38.8 Å². The number of nitrogens with zero attached hydrogens (tertiary/aromatic N) is 2. The van der Waals surface area contributed by atoms with Crippen LogP contribution in [0.4, 0.5) is 5.69 Å². The van der Waals surface area contributed by atoms with Gasteiger partial charge in [0.15, 0.2) is 0 Å². The van der Waals surface area contributed by atoms with E-state index in [4.69, 9.17) is 4.74 Å². The van der Waals surface area contributed by atoms with Crippen molar-refractivity contribution in [3.8, 4) is 0 Å². The molecule has 3 saturated heterocycles. The average Bonchev–Trinajstić information content (AvgIpc) is 3.66. The van der Waals surface area contributed by atoms with Gasteiger partial charge < -0.3 is 20.3 Å². The molecule has 1 aliphatic carbocycles. The highest BCUT2D eigenvalue weighted by Crippen LogP contribution is 2.55. The first kappa shape index (κ1) is 31.3. The number of nitrogens with one attached hydrogen (secondary N) is 2. The molecule has 0 radical (unpaired) electrons. The number of fused-ring (bicyclic) bond motifs is 1. The van der Waals surface area contributed by atoms with Crippen molar-refractivity contribution in [1.82, 2.24) is 15.1 Å². The molecule has 9 atom stereocenters. The van der Waals surface area contributed by atoms with Gasteiger partial charge in [-0.15, -0.1) is 0 Å². The summed E-state index contributed by atoms with van der Waals surface area (Å²) in [5.41, 5.74) is 0.766. The van der Waals surface area contributed by atoms with Gasteiger partial charge in [0.25, 0.3) is 0 Å². The molecule has 1 saturated carbocycles. The van der Waals surface area contributed by atoms with Gasteiger partial charge in [0.1, 0.15) is 11.6 Å². The third kappa shape index (κ3) is 5.51. The number of piperidine rings is 1. The van der Waals surface area contributed by atoms with Crippen LogP contribution in [0.5, 0.6) is 0 Å². The number of carbonyl (C=O) groups excluding carboxylic acids is 3. The minimum atomic E-state index is -1.13. The second-order valence-electron chi connectivity index (χ2n) is 14.5. The Labute approximate surface area is 263 Å². The Morgan fingerprint density at radius 2 is 1.80 bits per heavy atom. The van der Waals surface area contributed by atoms with Gasteiger partial charge in [0.05, 0.1) is 17.9 Å². The Morgan fingerprint density at radius 3 is 2.52 bits per heavy atom. The number of anilines is 1. The number of benzene rings is 1. The van der Waals surface area contributed by atoms with Crippen LogP contribution in [0.25, 0.3) is 0 Å². The fourth-order valence-electron chi connectivity index (χ4n) is 8.79. The van der Waals surface area contributed by atoms with Crippen LogP contribution in [-0.4, -0.2) is 77.0 Å². The smallest absolute Gasteiger partial charge is 0.246 e. The second kappa shape index (κ2) is 12.6. The summed E-state index contributed by atoms with van der Waals surface area (Å²) < 4.78 is 6.60. The van der Waals surface area contributed by atoms with E-state index in [9.17, 15) is 14.4 Å². The highest BCUT2D eigenvalue weighted by molar-refractivity contribution is 6.02. The molecule has 4 fully saturated rings. The Kier molecular flexibility index (Phi) is 8.95. The van der Waals surface area contributed by atoms with Gasteiger partial charge in [0.2, 0.25) is 17.7 Å². The minimum Gasteiger partial charge on any atom is -0.359 e. The molecule has 1 aromatic rings. The number of amides is 3. The van der Waals surface area contributed by atoms with E-state index < -0.39 is 29.6 Å². The lowest BCUT2D eigenvalue weighted by atomic mass is 9.73. The summed E-state index contributed by atoms with van der Waals surface area (Å²) in [6.07, 6.45) is 11.2. The van der Waals surface area contributed by atoms with Crippen molar-refractivity contribution in [2.24, 2.45) is 23.7 Å². The molecule has 8 nitrogen and oxygen atoms in total. The Balaban J connectivity index is 1.26. The summed E-state index contributed by atoms with van der Waals surface area (Å²) in [4.78, 5) is 46.9. The quantitative estimate of drug-likeness (QED) is 0.383. The van der Waals surface area contributed by atoms with Crippen molar-refractivity contribution in [1.29, 1.82) is 0 Å². The van der Waals surface area contributed by atoms with Crippen LogP contribution in [0.15, 0.2) is 36.4 Å². The molecule has 3 amide bonds. The van der Waals surface area contributed by atoms with Gasteiger partial charge in [-0.2, -0.15) is 0 Å². The van der Waals surface area contributed by atoms with Crippen LogP contribution in [0, 0.1) is 23.7 Å². The molecule has 8 heteroatoms. The lowest BCUT2D eigenvalue weighted by molar-refractivity contribution is -0.142. The number of likely N-dealkylation sites (tertiary alicyclic amines) is 2. The Bertz CT molecular complexity index is 1260. The van der Waals surface area contributed by atoms with E-state index in [2.05, 4.69) is 50.2 Å². The normalized spacial score (nSPS) is 36.6. The van der Waals surface area contributed by atoms with Crippen molar-refractivity contribution < 1.29 is 19.1 Å². The predicted molar refractivity (Wildman–Crippen MR) is 172 cm³/mol. The summed E-state index contributed by atoms with van der Waals surface area (Å²) in [7, 11) is 0.